The van der Waals surface area contributed by atoms with Gasteiger partial charge >= 0.3 is 5.97 Å². The lowest BCUT2D eigenvalue weighted by atomic mass is 10.1. The summed E-state index contributed by atoms with van der Waals surface area (Å²) in [7, 11) is 7.30. The van der Waals surface area contributed by atoms with Crippen molar-refractivity contribution >= 4 is 5.97 Å². The summed E-state index contributed by atoms with van der Waals surface area (Å²) >= 11 is 0. The number of carbonyl (C=O) groups excluding carboxylic acids is 1. The average molecular weight is 241 g/mol. The predicted molar refractivity (Wildman–Crippen MR) is 58.0 cm³/mol. The number of hydrogen-bond donors (Lipinski definition) is 0. The van der Waals surface area contributed by atoms with E-state index >= 15 is 0 Å². The Morgan fingerprint density at radius 1 is 1.00 bits per heavy atom. The Kier molecular flexibility index (Phi) is 4.59. The van der Waals surface area contributed by atoms with Crippen LogP contribution in [0.5, 0.6) is 17.2 Å². The minimum atomic E-state index is -0.738. The molecule has 0 fully saturated rings. The van der Waals surface area contributed by atoms with E-state index in [-0.39, 0.29) is 11.3 Å². The van der Waals surface area contributed by atoms with Crippen molar-refractivity contribution in [1.82, 2.24) is 0 Å². The largest absolute Gasteiger partial charge is 0.496 e. The topological polar surface area (TPSA) is 63.2 Å². The molecular formula is C11H13O6. The molecule has 6 nitrogen and oxygen atoms in total. The number of methoxy groups -OCH3 is 3. The first-order chi connectivity index (χ1) is 8.17. The summed E-state index contributed by atoms with van der Waals surface area (Å²) in [5.41, 5.74) is 0.147. The summed E-state index contributed by atoms with van der Waals surface area (Å²) in [4.78, 5) is 19.9. The van der Waals surface area contributed by atoms with Crippen LogP contribution >= 0.6 is 0 Å². The summed E-state index contributed by atoms with van der Waals surface area (Å²) < 4.78 is 15.2. The summed E-state index contributed by atoms with van der Waals surface area (Å²) in [6, 6.07) is 2.94. The van der Waals surface area contributed by atoms with Gasteiger partial charge in [-0.25, -0.2) is 4.79 Å². The molecule has 1 rings (SSSR count). The Morgan fingerprint density at radius 3 is 2.00 bits per heavy atom. The summed E-state index contributed by atoms with van der Waals surface area (Å²) in [6.45, 7) is 0. The van der Waals surface area contributed by atoms with E-state index in [1.54, 1.807) is 0 Å². The minimum absolute atomic E-state index is 0.147. The third-order valence-corrected chi connectivity index (χ3v) is 2.06. The number of rotatable bonds is 5. The van der Waals surface area contributed by atoms with Crippen molar-refractivity contribution in [3.05, 3.63) is 24.8 Å². The zero-order chi connectivity index (χ0) is 12.8. The van der Waals surface area contributed by atoms with Crippen molar-refractivity contribution in [2.45, 2.75) is 0 Å². The maximum absolute atomic E-state index is 11.5. The van der Waals surface area contributed by atoms with Gasteiger partial charge in [0.05, 0.1) is 21.3 Å². The van der Waals surface area contributed by atoms with Gasteiger partial charge in [0.1, 0.15) is 18.4 Å². The van der Waals surface area contributed by atoms with Gasteiger partial charge in [0.25, 0.3) is 0 Å². The second kappa shape index (κ2) is 5.95. The van der Waals surface area contributed by atoms with Gasteiger partial charge in [-0.2, -0.15) is 4.89 Å². The van der Waals surface area contributed by atoms with Crippen molar-refractivity contribution in [3.63, 3.8) is 0 Å². The Hall–Kier alpha value is -1.95. The van der Waals surface area contributed by atoms with E-state index in [4.69, 9.17) is 14.2 Å². The molecular weight excluding hydrogens is 228 g/mol. The fourth-order valence-corrected chi connectivity index (χ4v) is 1.29. The van der Waals surface area contributed by atoms with Crippen molar-refractivity contribution in [3.8, 4) is 17.2 Å². The maximum Gasteiger partial charge on any atom is 0.376 e. The first-order valence-electron chi connectivity index (χ1n) is 4.61. The lowest BCUT2D eigenvalue weighted by Crippen LogP contribution is -2.06. The monoisotopic (exact) mass is 241 g/mol. The fraction of sp³-hybridized carbons (Fsp3) is 0.273. The standard InChI is InChI=1S/C11H13O6/c1-13-8-6-10(15-3)9(14-2)5-7(8)11(12)17-16-4/h5-6H,4H2,1-3H3. The molecule has 0 amide bonds. The van der Waals surface area contributed by atoms with Crippen LogP contribution in [0.25, 0.3) is 0 Å². The highest BCUT2D eigenvalue weighted by atomic mass is 17.2. The van der Waals surface area contributed by atoms with E-state index in [1.807, 2.05) is 0 Å². The lowest BCUT2D eigenvalue weighted by molar-refractivity contribution is -0.195. The smallest absolute Gasteiger partial charge is 0.376 e. The number of carbonyl (C=O) groups is 1. The molecule has 0 spiro atoms. The van der Waals surface area contributed by atoms with E-state index in [2.05, 4.69) is 16.9 Å². The molecule has 6 heteroatoms. The van der Waals surface area contributed by atoms with Gasteiger partial charge in [-0.15, -0.1) is 0 Å². The highest BCUT2D eigenvalue weighted by molar-refractivity contribution is 5.93. The molecule has 0 saturated heterocycles. The van der Waals surface area contributed by atoms with Gasteiger partial charge in [0, 0.05) is 12.1 Å². The van der Waals surface area contributed by atoms with Crippen molar-refractivity contribution in [1.29, 1.82) is 0 Å². The molecule has 0 atom stereocenters. The molecule has 1 aromatic carbocycles. The molecule has 1 aromatic rings. The van der Waals surface area contributed by atoms with E-state index in [1.165, 1.54) is 33.5 Å². The van der Waals surface area contributed by atoms with Gasteiger partial charge in [-0.1, -0.05) is 0 Å². The molecule has 0 aliphatic carbocycles. The Morgan fingerprint density at radius 2 is 1.53 bits per heavy atom. The SMILES string of the molecule is [CH2]OOC(=O)c1cc(OC)c(OC)cc1OC. The second-order valence-electron chi connectivity index (χ2n) is 2.90. The fourth-order valence-electron chi connectivity index (χ4n) is 1.29. The van der Waals surface area contributed by atoms with E-state index in [0.29, 0.717) is 11.5 Å². The third-order valence-electron chi connectivity index (χ3n) is 2.06. The second-order valence-corrected chi connectivity index (χ2v) is 2.90. The van der Waals surface area contributed by atoms with Crippen LogP contribution in [0.3, 0.4) is 0 Å². The zero-order valence-corrected chi connectivity index (χ0v) is 9.81. The van der Waals surface area contributed by atoms with Crippen molar-refractivity contribution in [2.75, 3.05) is 21.3 Å². The van der Waals surface area contributed by atoms with Crippen LogP contribution in [0.15, 0.2) is 12.1 Å². The first-order valence-corrected chi connectivity index (χ1v) is 4.61. The Bertz CT molecular complexity index is 401. The Labute approximate surface area is 98.9 Å². The first kappa shape index (κ1) is 13.1. The van der Waals surface area contributed by atoms with Gasteiger partial charge in [0.2, 0.25) is 0 Å². The van der Waals surface area contributed by atoms with Gasteiger partial charge in [-0.05, 0) is 0 Å². The highest BCUT2D eigenvalue weighted by Crippen LogP contribution is 2.34. The van der Waals surface area contributed by atoms with Crippen LogP contribution in [0.2, 0.25) is 0 Å². The van der Waals surface area contributed by atoms with Crippen molar-refractivity contribution < 1.29 is 28.8 Å². The van der Waals surface area contributed by atoms with Gasteiger partial charge < -0.3 is 14.2 Å². The summed E-state index contributed by atoms with van der Waals surface area (Å²) in [5.74, 6) is 0.364. The Balaban J connectivity index is 3.23. The molecule has 0 unspecified atom stereocenters. The number of hydrogen-bond acceptors (Lipinski definition) is 6. The third kappa shape index (κ3) is 2.79. The van der Waals surface area contributed by atoms with Crippen LogP contribution in [0, 0.1) is 7.11 Å². The van der Waals surface area contributed by atoms with Gasteiger partial charge in [-0.3, -0.25) is 4.89 Å². The summed E-state index contributed by atoms with van der Waals surface area (Å²) in [6.07, 6.45) is 0. The lowest BCUT2D eigenvalue weighted by Gasteiger charge is -2.12. The van der Waals surface area contributed by atoms with Crippen LogP contribution in [0.1, 0.15) is 10.4 Å². The normalized spacial score (nSPS) is 9.65. The highest BCUT2D eigenvalue weighted by Gasteiger charge is 2.19. The summed E-state index contributed by atoms with van der Waals surface area (Å²) in [5, 5.41) is 0. The van der Waals surface area contributed by atoms with Gasteiger partial charge in [0.15, 0.2) is 11.5 Å². The maximum atomic E-state index is 11.5. The van der Waals surface area contributed by atoms with Crippen LogP contribution in [0.4, 0.5) is 0 Å². The number of benzene rings is 1. The quantitative estimate of drug-likeness (QED) is 0.576. The molecule has 0 aliphatic heterocycles. The van der Waals surface area contributed by atoms with Crippen LogP contribution in [-0.2, 0) is 9.78 Å². The van der Waals surface area contributed by atoms with E-state index in [9.17, 15) is 4.79 Å². The molecule has 0 N–H and O–H groups in total. The number of ether oxygens (including phenoxy) is 3. The van der Waals surface area contributed by atoms with E-state index < -0.39 is 5.97 Å². The molecule has 0 bridgehead atoms. The molecule has 0 aliphatic rings. The molecule has 0 aromatic heterocycles. The predicted octanol–water partition coefficient (Wildman–Crippen LogP) is 1.59. The van der Waals surface area contributed by atoms with Crippen LogP contribution in [-0.4, -0.2) is 27.3 Å². The average Bonchev–Trinajstić information content (AvgIpc) is 2.37. The van der Waals surface area contributed by atoms with Crippen molar-refractivity contribution in [2.24, 2.45) is 0 Å². The molecule has 0 heterocycles. The minimum Gasteiger partial charge on any atom is -0.496 e. The zero-order valence-electron chi connectivity index (χ0n) is 9.81. The van der Waals surface area contributed by atoms with Crippen LogP contribution < -0.4 is 14.2 Å². The molecule has 17 heavy (non-hydrogen) atoms. The van der Waals surface area contributed by atoms with E-state index in [0.717, 1.165) is 0 Å². The molecule has 0 saturated carbocycles. The molecule has 93 valence electrons. The molecule has 1 radical (unpaired) electrons.